The van der Waals surface area contributed by atoms with Crippen molar-refractivity contribution in [2.24, 2.45) is 5.92 Å². The first-order valence-electron chi connectivity index (χ1n) is 5.33. The Bertz CT molecular complexity index is 508. The highest BCUT2D eigenvalue weighted by Crippen LogP contribution is 2.33. The number of hydrogen-bond donors (Lipinski definition) is 4. The fraction of sp³-hybridized carbons (Fsp3) is 0.600. The molecule has 0 aliphatic heterocycles. The van der Waals surface area contributed by atoms with Crippen molar-refractivity contribution >= 4 is 0 Å². The van der Waals surface area contributed by atoms with Gasteiger partial charge < -0.3 is 15.3 Å². The molecule has 0 spiro atoms. The summed E-state index contributed by atoms with van der Waals surface area (Å²) < 4.78 is 1.17. The molecular weight excluding hydrogens is 228 g/mol. The van der Waals surface area contributed by atoms with Gasteiger partial charge in [0.1, 0.15) is 6.10 Å². The van der Waals surface area contributed by atoms with Gasteiger partial charge in [-0.2, -0.15) is 0 Å². The molecule has 4 atom stereocenters. The molecule has 0 amide bonds. The maximum absolute atomic E-state index is 11.5. The van der Waals surface area contributed by atoms with Crippen LogP contribution in [0.2, 0.25) is 0 Å². The number of rotatable bonds is 2. The molecule has 7 heteroatoms. The van der Waals surface area contributed by atoms with E-state index in [9.17, 15) is 19.8 Å². The third kappa shape index (κ3) is 2.04. The molecule has 0 saturated heterocycles. The van der Waals surface area contributed by atoms with Gasteiger partial charge in [-0.05, 0) is 6.42 Å². The van der Waals surface area contributed by atoms with Crippen molar-refractivity contribution in [3.05, 3.63) is 33.1 Å². The predicted octanol–water partition coefficient (Wildman–Crippen LogP) is -2.19. The third-order valence-corrected chi connectivity index (χ3v) is 3.21. The van der Waals surface area contributed by atoms with Gasteiger partial charge in [-0.3, -0.25) is 14.3 Å². The summed E-state index contributed by atoms with van der Waals surface area (Å²) in [5, 5.41) is 28.4. The monoisotopic (exact) mass is 242 g/mol. The van der Waals surface area contributed by atoms with E-state index in [2.05, 4.69) is 4.98 Å². The summed E-state index contributed by atoms with van der Waals surface area (Å²) in [6.07, 6.45) is -0.633. The van der Waals surface area contributed by atoms with Crippen LogP contribution in [0.4, 0.5) is 0 Å². The predicted molar refractivity (Wildman–Crippen MR) is 57.6 cm³/mol. The first-order valence-corrected chi connectivity index (χ1v) is 5.33. The summed E-state index contributed by atoms with van der Waals surface area (Å²) in [4.78, 5) is 24.5. The maximum Gasteiger partial charge on any atom is 0.328 e. The van der Waals surface area contributed by atoms with Crippen LogP contribution in [-0.2, 0) is 0 Å². The summed E-state index contributed by atoms with van der Waals surface area (Å²) in [6.45, 7) is -0.257. The van der Waals surface area contributed by atoms with Crippen molar-refractivity contribution in [3.8, 4) is 0 Å². The van der Waals surface area contributed by atoms with E-state index in [1.165, 1.54) is 16.8 Å². The summed E-state index contributed by atoms with van der Waals surface area (Å²) in [5.41, 5.74) is -1.15. The molecule has 7 nitrogen and oxygen atoms in total. The van der Waals surface area contributed by atoms with Crippen LogP contribution < -0.4 is 11.2 Å². The fourth-order valence-electron chi connectivity index (χ4n) is 2.24. The van der Waals surface area contributed by atoms with Gasteiger partial charge in [0, 0.05) is 24.8 Å². The topological polar surface area (TPSA) is 116 Å². The van der Waals surface area contributed by atoms with E-state index in [4.69, 9.17) is 5.11 Å². The van der Waals surface area contributed by atoms with E-state index < -0.39 is 35.4 Å². The van der Waals surface area contributed by atoms with Crippen LogP contribution in [0.3, 0.4) is 0 Å². The highest BCUT2D eigenvalue weighted by molar-refractivity contribution is 4.97. The van der Waals surface area contributed by atoms with Crippen LogP contribution in [0.25, 0.3) is 0 Å². The van der Waals surface area contributed by atoms with Crippen LogP contribution in [0, 0.1) is 5.92 Å². The molecule has 1 aromatic rings. The molecule has 0 unspecified atom stereocenters. The first kappa shape index (κ1) is 12.0. The van der Waals surface area contributed by atoms with Crippen molar-refractivity contribution in [2.75, 3.05) is 6.61 Å². The minimum atomic E-state index is -1.13. The van der Waals surface area contributed by atoms with Crippen LogP contribution in [0.15, 0.2) is 21.9 Å². The average Bonchev–Trinajstić information content (AvgIpc) is 2.57. The Balaban J connectivity index is 2.35. The SMILES string of the molecule is O=c1ccn([C@@H]2C[C@H](CO)[C@H](O)[C@@H]2O)c(=O)[nH]1. The lowest BCUT2D eigenvalue weighted by Gasteiger charge is -2.18. The Morgan fingerprint density at radius 3 is 2.59 bits per heavy atom. The van der Waals surface area contributed by atoms with E-state index >= 15 is 0 Å². The Morgan fingerprint density at radius 2 is 2.06 bits per heavy atom. The van der Waals surface area contributed by atoms with Crippen molar-refractivity contribution in [3.63, 3.8) is 0 Å². The summed E-state index contributed by atoms with van der Waals surface area (Å²) >= 11 is 0. The molecule has 94 valence electrons. The Labute approximate surface area is 96.0 Å². The van der Waals surface area contributed by atoms with E-state index in [1.807, 2.05) is 0 Å². The van der Waals surface area contributed by atoms with E-state index in [0.717, 1.165) is 0 Å². The minimum Gasteiger partial charge on any atom is -0.396 e. The van der Waals surface area contributed by atoms with Crippen molar-refractivity contribution in [1.82, 2.24) is 9.55 Å². The fourth-order valence-corrected chi connectivity index (χ4v) is 2.24. The van der Waals surface area contributed by atoms with Gasteiger partial charge in [-0.1, -0.05) is 0 Å². The number of aliphatic hydroxyl groups is 3. The second kappa shape index (κ2) is 4.44. The van der Waals surface area contributed by atoms with Crippen molar-refractivity contribution in [1.29, 1.82) is 0 Å². The molecule has 0 bridgehead atoms. The molecule has 1 aliphatic rings. The van der Waals surface area contributed by atoms with Crippen LogP contribution >= 0.6 is 0 Å². The lowest BCUT2D eigenvalue weighted by molar-refractivity contribution is -0.00455. The molecule has 1 saturated carbocycles. The smallest absolute Gasteiger partial charge is 0.328 e. The Hall–Kier alpha value is -1.44. The van der Waals surface area contributed by atoms with Crippen LogP contribution in [0.1, 0.15) is 12.5 Å². The molecule has 4 N–H and O–H groups in total. The van der Waals surface area contributed by atoms with Gasteiger partial charge in [0.05, 0.1) is 12.1 Å². The second-order valence-electron chi connectivity index (χ2n) is 4.24. The molecule has 17 heavy (non-hydrogen) atoms. The molecule has 0 radical (unpaired) electrons. The number of nitrogens with one attached hydrogen (secondary N) is 1. The zero-order valence-electron chi connectivity index (χ0n) is 8.98. The molecule has 1 heterocycles. The van der Waals surface area contributed by atoms with Crippen LogP contribution in [0.5, 0.6) is 0 Å². The zero-order valence-corrected chi connectivity index (χ0v) is 8.98. The van der Waals surface area contributed by atoms with E-state index in [1.54, 1.807) is 0 Å². The zero-order chi connectivity index (χ0) is 12.6. The van der Waals surface area contributed by atoms with Gasteiger partial charge in [0.15, 0.2) is 0 Å². The lowest BCUT2D eigenvalue weighted by atomic mass is 10.1. The second-order valence-corrected chi connectivity index (χ2v) is 4.24. The summed E-state index contributed by atoms with van der Waals surface area (Å²) in [7, 11) is 0. The number of H-pyrrole nitrogens is 1. The van der Waals surface area contributed by atoms with Gasteiger partial charge >= 0.3 is 5.69 Å². The van der Waals surface area contributed by atoms with Gasteiger partial charge in [0.2, 0.25) is 0 Å². The highest BCUT2D eigenvalue weighted by atomic mass is 16.3. The molecule has 2 rings (SSSR count). The lowest BCUT2D eigenvalue weighted by Crippen LogP contribution is -2.37. The summed E-state index contributed by atoms with van der Waals surface area (Å²) in [6, 6.07) is 0.541. The normalized spacial score (nSPS) is 32.9. The van der Waals surface area contributed by atoms with Crippen molar-refractivity contribution < 1.29 is 15.3 Å². The Kier molecular flexibility index (Phi) is 3.14. The first-order chi connectivity index (χ1) is 8.04. The largest absolute Gasteiger partial charge is 0.396 e. The van der Waals surface area contributed by atoms with Gasteiger partial charge in [-0.15, -0.1) is 0 Å². The minimum absolute atomic E-state index is 0.257. The molecule has 0 aromatic carbocycles. The number of aromatic amines is 1. The van der Waals surface area contributed by atoms with Crippen molar-refractivity contribution in [2.45, 2.75) is 24.7 Å². The number of nitrogens with zero attached hydrogens (tertiary/aromatic N) is 1. The summed E-state index contributed by atoms with van der Waals surface area (Å²) in [5.74, 6) is -0.464. The molecular formula is C10H14N2O5. The molecule has 1 aromatic heterocycles. The van der Waals surface area contributed by atoms with Gasteiger partial charge in [0.25, 0.3) is 5.56 Å². The standard InChI is InChI=1S/C10H14N2O5/c13-4-5-3-6(9(16)8(5)15)12-2-1-7(14)11-10(12)17/h1-2,5-6,8-9,13,15-16H,3-4H2,(H,11,14,17)/t5-,6-,8+,9-/m1/s1. The third-order valence-electron chi connectivity index (χ3n) is 3.21. The highest BCUT2D eigenvalue weighted by Gasteiger charge is 2.42. The average molecular weight is 242 g/mol. The molecule has 1 fully saturated rings. The number of aliphatic hydroxyl groups excluding tert-OH is 3. The maximum atomic E-state index is 11.5. The Morgan fingerprint density at radius 1 is 1.35 bits per heavy atom. The van der Waals surface area contributed by atoms with E-state index in [-0.39, 0.29) is 13.0 Å². The van der Waals surface area contributed by atoms with E-state index in [0.29, 0.717) is 0 Å². The van der Waals surface area contributed by atoms with Gasteiger partial charge in [-0.25, -0.2) is 4.79 Å². The quantitative estimate of drug-likeness (QED) is 0.470. The number of hydrogen-bond acceptors (Lipinski definition) is 5. The number of aromatic nitrogens is 2. The van der Waals surface area contributed by atoms with Crippen LogP contribution in [-0.4, -0.2) is 43.7 Å². The molecule has 1 aliphatic carbocycles.